The number of nitrogens with zero attached hydrogens (tertiary/aromatic N) is 1. The molecule has 1 N–H and O–H groups in total. The molecule has 0 spiro atoms. The summed E-state index contributed by atoms with van der Waals surface area (Å²) in [5, 5.41) is 2.34. The Hall–Kier alpha value is -2.38. The first kappa shape index (κ1) is 17.1. The summed E-state index contributed by atoms with van der Waals surface area (Å²) >= 11 is 0. The average molecular weight is 366 g/mol. The number of hydrogen-bond acceptors (Lipinski definition) is 3. The second kappa shape index (κ2) is 5.82. The van der Waals surface area contributed by atoms with Crippen LogP contribution >= 0.6 is 0 Å². The summed E-state index contributed by atoms with van der Waals surface area (Å²) in [4.78, 5) is 38.2. The summed E-state index contributed by atoms with van der Waals surface area (Å²) < 4.78 is 38.2. The molecule has 5 nitrogen and oxygen atoms in total. The monoisotopic (exact) mass is 366 g/mol. The van der Waals surface area contributed by atoms with Crippen molar-refractivity contribution in [1.29, 1.82) is 0 Å². The number of anilines is 1. The van der Waals surface area contributed by atoms with Gasteiger partial charge in [0.05, 0.1) is 17.4 Å². The summed E-state index contributed by atoms with van der Waals surface area (Å²) in [6.07, 6.45) is -1.74. The van der Waals surface area contributed by atoms with Gasteiger partial charge in [-0.3, -0.25) is 19.3 Å². The SMILES string of the molecule is O=C(CN1C(=O)[C@@H]2[C@@H]3CC[C@H](C3)[C@@H]2C1=O)Nc1cccc(C(F)(F)F)c1. The van der Waals surface area contributed by atoms with Gasteiger partial charge in [-0.1, -0.05) is 6.07 Å². The van der Waals surface area contributed by atoms with Gasteiger partial charge in [0.2, 0.25) is 17.7 Å². The molecule has 4 atom stereocenters. The third-order valence-electron chi connectivity index (χ3n) is 5.79. The molecule has 3 amide bonds. The van der Waals surface area contributed by atoms with E-state index in [0.717, 1.165) is 36.3 Å². The van der Waals surface area contributed by atoms with Gasteiger partial charge < -0.3 is 5.32 Å². The smallest absolute Gasteiger partial charge is 0.325 e. The van der Waals surface area contributed by atoms with Crippen LogP contribution in [0.15, 0.2) is 24.3 Å². The lowest BCUT2D eigenvalue weighted by atomic mass is 9.81. The van der Waals surface area contributed by atoms with Gasteiger partial charge in [-0.2, -0.15) is 13.2 Å². The minimum Gasteiger partial charge on any atom is -0.325 e. The molecule has 1 saturated heterocycles. The lowest BCUT2D eigenvalue weighted by Crippen LogP contribution is -2.39. The Morgan fingerprint density at radius 1 is 1.12 bits per heavy atom. The van der Waals surface area contributed by atoms with Crippen LogP contribution in [-0.2, 0) is 20.6 Å². The number of imide groups is 1. The second-order valence-corrected chi connectivity index (χ2v) is 7.27. The lowest BCUT2D eigenvalue weighted by Gasteiger charge is -2.19. The molecular weight excluding hydrogens is 349 g/mol. The summed E-state index contributed by atoms with van der Waals surface area (Å²) in [5.41, 5.74) is -0.904. The van der Waals surface area contributed by atoms with Crippen LogP contribution in [-0.4, -0.2) is 29.2 Å². The summed E-state index contributed by atoms with van der Waals surface area (Å²) in [5.74, 6) is -1.50. The molecule has 138 valence electrons. The fourth-order valence-electron chi connectivity index (χ4n) is 4.74. The van der Waals surface area contributed by atoms with Crippen LogP contribution in [0.25, 0.3) is 0 Å². The van der Waals surface area contributed by atoms with E-state index in [9.17, 15) is 27.6 Å². The number of carbonyl (C=O) groups is 3. The molecule has 2 saturated carbocycles. The quantitative estimate of drug-likeness (QED) is 0.837. The molecule has 2 bridgehead atoms. The summed E-state index contributed by atoms with van der Waals surface area (Å²) in [7, 11) is 0. The van der Waals surface area contributed by atoms with E-state index >= 15 is 0 Å². The Morgan fingerprint density at radius 2 is 1.73 bits per heavy atom. The molecule has 0 aromatic heterocycles. The summed E-state index contributed by atoms with van der Waals surface area (Å²) in [6, 6.07) is 4.24. The fourth-order valence-corrected chi connectivity index (χ4v) is 4.74. The number of hydrogen-bond donors (Lipinski definition) is 1. The Balaban J connectivity index is 1.44. The van der Waals surface area contributed by atoms with Crippen LogP contribution < -0.4 is 5.32 Å². The molecule has 4 rings (SSSR count). The number of nitrogens with one attached hydrogen (secondary N) is 1. The number of rotatable bonds is 3. The summed E-state index contributed by atoms with van der Waals surface area (Å²) in [6.45, 7) is -0.458. The Kier molecular flexibility index (Phi) is 3.82. The molecule has 1 aromatic carbocycles. The van der Waals surface area contributed by atoms with Crippen molar-refractivity contribution in [1.82, 2.24) is 4.90 Å². The first-order valence-electron chi connectivity index (χ1n) is 8.58. The molecule has 2 aliphatic carbocycles. The number of carbonyl (C=O) groups excluding carboxylic acids is 3. The van der Waals surface area contributed by atoms with Gasteiger partial charge in [0.25, 0.3) is 0 Å². The van der Waals surface area contributed by atoms with Gasteiger partial charge in [0.15, 0.2) is 0 Å². The second-order valence-electron chi connectivity index (χ2n) is 7.27. The van der Waals surface area contributed by atoms with Gasteiger partial charge in [-0.25, -0.2) is 0 Å². The van der Waals surface area contributed by atoms with Crippen LogP contribution in [0.5, 0.6) is 0 Å². The number of benzene rings is 1. The van der Waals surface area contributed by atoms with E-state index in [4.69, 9.17) is 0 Å². The molecule has 26 heavy (non-hydrogen) atoms. The van der Waals surface area contributed by atoms with Crippen molar-refractivity contribution < 1.29 is 27.6 Å². The van der Waals surface area contributed by atoms with Gasteiger partial charge in [-0.05, 0) is 49.3 Å². The van der Waals surface area contributed by atoms with Crippen molar-refractivity contribution in [2.24, 2.45) is 23.7 Å². The predicted molar refractivity (Wildman–Crippen MR) is 84.6 cm³/mol. The van der Waals surface area contributed by atoms with E-state index < -0.39 is 24.2 Å². The maximum Gasteiger partial charge on any atom is 0.416 e. The fraction of sp³-hybridized carbons (Fsp3) is 0.500. The van der Waals surface area contributed by atoms with Gasteiger partial charge in [-0.15, -0.1) is 0 Å². The minimum atomic E-state index is -4.52. The third-order valence-corrected chi connectivity index (χ3v) is 5.79. The predicted octanol–water partition coefficient (Wildman–Crippen LogP) is 2.68. The number of likely N-dealkylation sites (tertiary alicyclic amines) is 1. The molecule has 3 aliphatic rings. The normalized spacial score (nSPS) is 30.0. The maximum absolute atomic E-state index is 12.7. The van der Waals surface area contributed by atoms with E-state index in [1.165, 1.54) is 12.1 Å². The number of fused-ring (bicyclic) bond motifs is 5. The maximum atomic E-state index is 12.7. The van der Waals surface area contributed by atoms with Crippen LogP contribution in [0.3, 0.4) is 0 Å². The number of halogens is 3. The molecule has 1 heterocycles. The number of amides is 3. The molecule has 8 heteroatoms. The topological polar surface area (TPSA) is 66.5 Å². The Bertz CT molecular complexity index is 764. The van der Waals surface area contributed by atoms with Crippen molar-refractivity contribution in [2.45, 2.75) is 25.4 Å². The molecule has 3 fully saturated rings. The van der Waals surface area contributed by atoms with Crippen molar-refractivity contribution in [2.75, 3.05) is 11.9 Å². The Labute approximate surface area is 147 Å². The van der Waals surface area contributed by atoms with Gasteiger partial charge >= 0.3 is 6.18 Å². The third kappa shape index (κ3) is 2.68. The highest BCUT2D eigenvalue weighted by atomic mass is 19.4. The largest absolute Gasteiger partial charge is 0.416 e. The molecular formula is C18H17F3N2O3. The molecule has 1 aliphatic heterocycles. The van der Waals surface area contributed by atoms with Crippen LogP contribution in [0.1, 0.15) is 24.8 Å². The first-order chi connectivity index (χ1) is 12.3. The zero-order valence-electron chi connectivity index (χ0n) is 13.8. The first-order valence-corrected chi connectivity index (χ1v) is 8.58. The zero-order valence-corrected chi connectivity index (χ0v) is 13.8. The van der Waals surface area contributed by atoms with Crippen LogP contribution in [0.2, 0.25) is 0 Å². The highest BCUT2D eigenvalue weighted by molar-refractivity contribution is 6.09. The zero-order chi connectivity index (χ0) is 18.6. The highest BCUT2D eigenvalue weighted by Gasteiger charge is 2.60. The minimum absolute atomic E-state index is 0.0239. The van der Waals surface area contributed by atoms with E-state index in [-0.39, 0.29) is 41.2 Å². The van der Waals surface area contributed by atoms with Crippen molar-refractivity contribution in [3.8, 4) is 0 Å². The lowest BCUT2D eigenvalue weighted by molar-refractivity contribution is -0.143. The Morgan fingerprint density at radius 3 is 2.31 bits per heavy atom. The van der Waals surface area contributed by atoms with Crippen LogP contribution in [0, 0.1) is 23.7 Å². The van der Waals surface area contributed by atoms with E-state index in [1.54, 1.807) is 0 Å². The standard InChI is InChI=1S/C18H17F3N2O3/c19-18(20,21)11-2-1-3-12(7-11)22-13(24)8-23-16(25)14-9-4-5-10(6-9)15(14)17(23)26/h1-3,7,9-10,14-15H,4-6,8H2,(H,22,24)/t9-,10-,14-,15+/m1/s1. The van der Waals surface area contributed by atoms with E-state index in [2.05, 4.69) is 5.32 Å². The van der Waals surface area contributed by atoms with Crippen molar-refractivity contribution in [3.63, 3.8) is 0 Å². The average Bonchev–Trinajstić information content (AvgIpc) is 3.24. The molecule has 0 unspecified atom stereocenters. The van der Waals surface area contributed by atoms with E-state index in [0.29, 0.717) is 0 Å². The van der Waals surface area contributed by atoms with Crippen molar-refractivity contribution >= 4 is 23.4 Å². The highest BCUT2D eigenvalue weighted by Crippen LogP contribution is 2.56. The van der Waals surface area contributed by atoms with Crippen molar-refractivity contribution in [3.05, 3.63) is 29.8 Å². The van der Waals surface area contributed by atoms with Crippen LogP contribution in [0.4, 0.5) is 18.9 Å². The van der Waals surface area contributed by atoms with Gasteiger partial charge in [0.1, 0.15) is 6.54 Å². The van der Waals surface area contributed by atoms with Gasteiger partial charge in [0, 0.05) is 5.69 Å². The number of alkyl halides is 3. The molecule has 1 aromatic rings. The van der Waals surface area contributed by atoms with E-state index in [1.807, 2.05) is 0 Å². The molecule has 0 radical (unpaired) electrons.